The van der Waals surface area contributed by atoms with Gasteiger partial charge in [0.2, 0.25) is 5.91 Å². The van der Waals surface area contributed by atoms with Gasteiger partial charge in [0.05, 0.1) is 36.5 Å². The Labute approximate surface area is 178 Å². The van der Waals surface area contributed by atoms with Crippen molar-refractivity contribution in [1.82, 2.24) is 14.9 Å². The third-order valence-electron chi connectivity index (χ3n) is 5.07. The fourth-order valence-corrected chi connectivity index (χ4v) is 3.51. The normalized spacial score (nSPS) is 12.7. The number of imide groups is 1. The van der Waals surface area contributed by atoms with Crippen molar-refractivity contribution in [2.75, 3.05) is 19.5 Å². The molecule has 3 amide bonds. The van der Waals surface area contributed by atoms with Crippen LogP contribution in [0.2, 0.25) is 0 Å². The molecule has 3 aromatic rings. The highest BCUT2D eigenvalue weighted by molar-refractivity contribution is 6.22. The van der Waals surface area contributed by atoms with Gasteiger partial charge in [-0.3, -0.25) is 24.3 Å². The van der Waals surface area contributed by atoms with E-state index in [1.807, 2.05) is 19.1 Å². The number of pyridine rings is 2. The predicted octanol–water partition coefficient (Wildman–Crippen LogP) is 2.87. The van der Waals surface area contributed by atoms with Crippen LogP contribution in [-0.4, -0.2) is 46.7 Å². The van der Waals surface area contributed by atoms with Gasteiger partial charge in [0.15, 0.2) is 0 Å². The lowest BCUT2D eigenvalue weighted by Crippen LogP contribution is -2.24. The highest BCUT2D eigenvalue weighted by Gasteiger charge is 2.35. The molecule has 0 atom stereocenters. The first kappa shape index (κ1) is 20.2. The molecule has 0 fully saturated rings. The maximum absolute atomic E-state index is 12.6. The molecule has 0 bridgehead atoms. The summed E-state index contributed by atoms with van der Waals surface area (Å²) < 4.78 is 5.10. The van der Waals surface area contributed by atoms with Gasteiger partial charge < -0.3 is 10.1 Å². The lowest BCUT2D eigenvalue weighted by molar-refractivity contribution is -0.115. The van der Waals surface area contributed by atoms with Gasteiger partial charge in [-0.25, -0.2) is 4.98 Å². The SMILES string of the molecule is COc1ccc(-c2ccc(NC(=O)Cc3cc(C)cc4c3C(=O)N(C)C4=O)nc2)nc1. The average Bonchev–Trinajstić information content (AvgIpc) is 2.98. The number of aryl methyl sites for hydroxylation is 1. The molecule has 0 saturated carbocycles. The van der Waals surface area contributed by atoms with Crippen molar-refractivity contribution in [3.8, 4) is 17.0 Å². The van der Waals surface area contributed by atoms with E-state index in [0.29, 0.717) is 28.3 Å². The second-order valence-electron chi connectivity index (χ2n) is 7.26. The molecule has 0 aliphatic carbocycles. The van der Waals surface area contributed by atoms with Crippen LogP contribution in [0.3, 0.4) is 0 Å². The maximum Gasteiger partial charge on any atom is 0.261 e. The number of aromatic nitrogens is 2. The summed E-state index contributed by atoms with van der Waals surface area (Å²) in [5.74, 6) is -0.0295. The standard InChI is InChI=1S/C23H20N4O4/c1-13-8-15(21-17(9-13)22(29)27(2)23(21)30)10-20(28)26-19-7-4-14(11-25-19)18-6-5-16(31-3)12-24-18/h4-9,11-12H,10H2,1-3H3,(H,25,26,28). The monoisotopic (exact) mass is 416 g/mol. The molecule has 1 aliphatic heterocycles. The van der Waals surface area contributed by atoms with Gasteiger partial charge in [-0.15, -0.1) is 0 Å². The summed E-state index contributed by atoms with van der Waals surface area (Å²) in [6.07, 6.45) is 3.20. The van der Waals surface area contributed by atoms with E-state index in [2.05, 4.69) is 15.3 Å². The zero-order valence-corrected chi connectivity index (χ0v) is 17.3. The molecule has 0 spiro atoms. The van der Waals surface area contributed by atoms with Gasteiger partial charge in [-0.1, -0.05) is 6.07 Å². The summed E-state index contributed by atoms with van der Waals surface area (Å²) in [4.78, 5) is 47.0. The Kier molecular flexibility index (Phi) is 5.21. The fraction of sp³-hybridized carbons (Fsp3) is 0.174. The number of nitrogens with one attached hydrogen (secondary N) is 1. The summed E-state index contributed by atoms with van der Waals surface area (Å²) in [6, 6.07) is 10.5. The minimum Gasteiger partial charge on any atom is -0.495 e. The summed E-state index contributed by atoms with van der Waals surface area (Å²) in [6.45, 7) is 1.82. The van der Waals surface area contributed by atoms with Gasteiger partial charge in [0.25, 0.3) is 11.8 Å². The van der Waals surface area contributed by atoms with Gasteiger partial charge in [0, 0.05) is 18.8 Å². The van der Waals surface area contributed by atoms with Crippen LogP contribution >= 0.6 is 0 Å². The zero-order chi connectivity index (χ0) is 22.1. The van der Waals surface area contributed by atoms with E-state index < -0.39 is 5.91 Å². The minimum absolute atomic E-state index is 0.0413. The first-order valence-electron chi connectivity index (χ1n) is 9.59. The maximum atomic E-state index is 12.6. The molecule has 31 heavy (non-hydrogen) atoms. The molecule has 0 saturated heterocycles. The third kappa shape index (κ3) is 3.87. The largest absolute Gasteiger partial charge is 0.495 e. The van der Waals surface area contributed by atoms with E-state index in [9.17, 15) is 14.4 Å². The number of nitrogens with zero attached hydrogens (tertiary/aromatic N) is 3. The van der Waals surface area contributed by atoms with E-state index in [4.69, 9.17) is 4.74 Å². The van der Waals surface area contributed by atoms with Crippen LogP contribution in [0, 0.1) is 6.92 Å². The zero-order valence-electron chi connectivity index (χ0n) is 17.3. The molecular formula is C23H20N4O4. The molecule has 2 aromatic heterocycles. The summed E-state index contributed by atoms with van der Waals surface area (Å²) >= 11 is 0. The average molecular weight is 416 g/mol. The third-order valence-corrected chi connectivity index (χ3v) is 5.07. The molecule has 1 aliphatic rings. The lowest BCUT2D eigenvalue weighted by Gasteiger charge is -2.09. The molecule has 8 heteroatoms. The highest BCUT2D eigenvalue weighted by Crippen LogP contribution is 2.27. The van der Waals surface area contributed by atoms with Gasteiger partial charge in [-0.2, -0.15) is 0 Å². The lowest BCUT2D eigenvalue weighted by atomic mass is 9.97. The van der Waals surface area contributed by atoms with Crippen molar-refractivity contribution in [2.24, 2.45) is 0 Å². The number of fused-ring (bicyclic) bond motifs is 1. The first-order valence-corrected chi connectivity index (χ1v) is 9.59. The van der Waals surface area contributed by atoms with Crippen molar-refractivity contribution in [3.63, 3.8) is 0 Å². The molecule has 3 heterocycles. The summed E-state index contributed by atoms with van der Waals surface area (Å²) in [5, 5.41) is 2.73. The van der Waals surface area contributed by atoms with Crippen LogP contribution in [0.4, 0.5) is 5.82 Å². The van der Waals surface area contributed by atoms with Crippen molar-refractivity contribution >= 4 is 23.5 Å². The Bertz CT molecular complexity index is 1190. The number of rotatable bonds is 5. The van der Waals surface area contributed by atoms with Crippen LogP contribution in [0.25, 0.3) is 11.3 Å². The molecule has 156 valence electrons. The van der Waals surface area contributed by atoms with Crippen LogP contribution in [0.15, 0.2) is 48.8 Å². The molecule has 4 rings (SSSR count). The van der Waals surface area contributed by atoms with E-state index in [1.165, 1.54) is 7.05 Å². The van der Waals surface area contributed by atoms with E-state index >= 15 is 0 Å². The summed E-state index contributed by atoms with van der Waals surface area (Å²) in [7, 11) is 3.01. The Hall–Kier alpha value is -4.07. The number of anilines is 1. The molecule has 0 unspecified atom stereocenters. The van der Waals surface area contributed by atoms with Crippen molar-refractivity contribution in [1.29, 1.82) is 0 Å². The fourth-order valence-electron chi connectivity index (χ4n) is 3.51. The highest BCUT2D eigenvalue weighted by atomic mass is 16.5. The smallest absolute Gasteiger partial charge is 0.261 e. The number of carbonyl (C=O) groups is 3. The van der Waals surface area contributed by atoms with E-state index in [1.54, 1.807) is 43.8 Å². The number of ether oxygens (including phenoxy) is 1. The first-order chi connectivity index (χ1) is 14.9. The minimum atomic E-state index is -0.391. The molecular weight excluding hydrogens is 396 g/mol. The molecule has 1 aromatic carbocycles. The second-order valence-corrected chi connectivity index (χ2v) is 7.26. The predicted molar refractivity (Wildman–Crippen MR) is 114 cm³/mol. The van der Waals surface area contributed by atoms with E-state index in [-0.39, 0.29) is 18.2 Å². The number of carbonyl (C=O) groups excluding carboxylic acids is 3. The number of benzene rings is 1. The van der Waals surface area contributed by atoms with Gasteiger partial charge >= 0.3 is 0 Å². The number of methoxy groups -OCH3 is 1. The van der Waals surface area contributed by atoms with Crippen LogP contribution in [0.5, 0.6) is 5.75 Å². The van der Waals surface area contributed by atoms with Crippen molar-refractivity contribution < 1.29 is 19.1 Å². The van der Waals surface area contributed by atoms with Gasteiger partial charge in [0.1, 0.15) is 11.6 Å². The molecule has 0 radical (unpaired) electrons. The van der Waals surface area contributed by atoms with Gasteiger partial charge in [-0.05, 0) is 48.4 Å². The van der Waals surface area contributed by atoms with Crippen molar-refractivity contribution in [3.05, 3.63) is 71.0 Å². The number of hydrogen-bond donors (Lipinski definition) is 1. The molecule has 1 N–H and O–H groups in total. The summed E-state index contributed by atoms with van der Waals surface area (Å²) in [5.41, 5.74) is 3.49. The van der Waals surface area contributed by atoms with E-state index in [0.717, 1.165) is 21.7 Å². The Morgan fingerprint density at radius 2 is 1.87 bits per heavy atom. The van der Waals surface area contributed by atoms with Crippen LogP contribution in [0.1, 0.15) is 31.8 Å². The van der Waals surface area contributed by atoms with Crippen LogP contribution < -0.4 is 10.1 Å². The molecule has 8 nitrogen and oxygen atoms in total. The Balaban J connectivity index is 1.49. The number of amides is 3. The Morgan fingerprint density at radius 1 is 1.06 bits per heavy atom. The quantitative estimate of drug-likeness (QED) is 0.642. The topological polar surface area (TPSA) is 101 Å². The Morgan fingerprint density at radius 3 is 2.52 bits per heavy atom. The van der Waals surface area contributed by atoms with Crippen molar-refractivity contribution in [2.45, 2.75) is 13.3 Å². The second kappa shape index (κ2) is 7.98. The number of hydrogen-bond acceptors (Lipinski definition) is 6. The van der Waals surface area contributed by atoms with Crippen LogP contribution in [-0.2, 0) is 11.2 Å².